The summed E-state index contributed by atoms with van der Waals surface area (Å²) in [4.78, 5) is 27.9. The first kappa shape index (κ1) is 9.82. The van der Waals surface area contributed by atoms with E-state index >= 15 is 0 Å². The van der Waals surface area contributed by atoms with Crippen molar-refractivity contribution in [2.24, 2.45) is 0 Å². The molecule has 1 aromatic carbocycles. The molecule has 0 saturated heterocycles. The molecule has 0 saturated carbocycles. The van der Waals surface area contributed by atoms with E-state index in [0.29, 0.717) is 11.1 Å². The molecule has 0 aliphatic carbocycles. The molecule has 1 aliphatic heterocycles. The van der Waals surface area contributed by atoms with Gasteiger partial charge in [-0.15, -0.1) is 5.59 Å². The standard InChI is InChI=1S/C10H10N2O3/c1-6-3-4-7-8(5-6)10(14)12(9(7)13)11-15-2/h3-5,11H,1-2H3. The molecule has 5 heteroatoms. The van der Waals surface area contributed by atoms with Crippen LogP contribution in [0.3, 0.4) is 0 Å². The molecule has 1 aliphatic rings. The van der Waals surface area contributed by atoms with Crippen molar-refractivity contribution in [2.75, 3.05) is 7.11 Å². The van der Waals surface area contributed by atoms with Gasteiger partial charge in [0.15, 0.2) is 0 Å². The number of hydrogen-bond donors (Lipinski definition) is 1. The molecule has 0 fully saturated rings. The number of hydrogen-bond acceptors (Lipinski definition) is 4. The third-order valence-corrected chi connectivity index (χ3v) is 2.22. The molecular formula is C10H10N2O3. The molecule has 0 spiro atoms. The van der Waals surface area contributed by atoms with Crippen LogP contribution in [-0.4, -0.2) is 23.9 Å². The number of fused-ring (bicyclic) bond motifs is 1. The van der Waals surface area contributed by atoms with Crippen molar-refractivity contribution in [3.63, 3.8) is 0 Å². The Balaban J connectivity index is 2.46. The van der Waals surface area contributed by atoms with Crippen LogP contribution in [0, 0.1) is 6.92 Å². The number of amides is 2. The van der Waals surface area contributed by atoms with E-state index in [-0.39, 0.29) is 5.91 Å². The number of nitrogens with zero attached hydrogens (tertiary/aromatic N) is 1. The van der Waals surface area contributed by atoms with E-state index < -0.39 is 5.91 Å². The largest absolute Gasteiger partial charge is 0.285 e. The van der Waals surface area contributed by atoms with E-state index in [1.807, 2.05) is 6.92 Å². The Bertz CT molecular complexity index is 442. The molecule has 2 rings (SSSR count). The minimum atomic E-state index is -0.392. The van der Waals surface area contributed by atoms with Gasteiger partial charge in [0.1, 0.15) is 0 Å². The maximum Gasteiger partial charge on any atom is 0.278 e. The minimum Gasteiger partial charge on any atom is -0.285 e. The van der Waals surface area contributed by atoms with Gasteiger partial charge < -0.3 is 0 Å². The average Bonchev–Trinajstić information content (AvgIpc) is 2.44. The first-order valence-corrected chi connectivity index (χ1v) is 4.43. The van der Waals surface area contributed by atoms with Crippen molar-refractivity contribution in [3.8, 4) is 0 Å². The minimum absolute atomic E-state index is 0.388. The third kappa shape index (κ3) is 1.42. The van der Waals surface area contributed by atoms with Gasteiger partial charge in [0.05, 0.1) is 18.2 Å². The second-order valence-corrected chi connectivity index (χ2v) is 3.29. The van der Waals surface area contributed by atoms with Crippen LogP contribution in [0.4, 0.5) is 0 Å². The van der Waals surface area contributed by atoms with E-state index in [0.717, 1.165) is 10.6 Å². The van der Waals surface area contributed by atoms with Crippen LogP contribution in [0.25, 0.3) is 0 Å². The first-order valence-electron chi connectivity index (χ1n) is 4.43. The number of imide groups is 1. The zero-order valence-electron chi connectivity index (χ0n) is 8.40. The number of benzene rings is 1. The maximum absolute atomic E-state index is 11.7. The number of aryl methyl sites for hydroxylation is 1. The normalized spacial score (nSPS) is 14.7. The Kier molecular flexibility index (Phi) is 2.26. The van der Waals surface area contributed by atoms with E-state index in [4.69, 9.17) is 0 Å². The lowest BCUT2D eigenvalue weighted by molar-refractivity contribution is -0.0261. The quantitative estimate of drug-likeness (QED) is 0.570. The second kappa shape index (κ2) is 3.45. The fraction of sp³-hybridized carbons (Fsp3) is 0.200. The summed E-state index contributed by atoms with van der Waals surface area (Å²) in [5.41, 5.74) is 3.99. The van der Waals surface area contributed by atoms with Crippen molar-refractivity contribution in [3.05, 3.63) is 34.9 Å². The Labute approximate surface area is 86.6 Å². The Morgan fingerprint density at radius 1 is 1.20 bits per heavy atom. The van der Waals surface area contributed by atoms with E-state index in [1.54, 1.807) is 18.2 Å². The molecule has 1 aromatic rings. The Morgan fingerprint density at radius 2 is 1.87 bits per heavy atom. The molecule has 15 heavy (non-hydrogen) atoms. The van der Waals surface area contributed by atoms with Gasteiger partial charge in [0.25, 0.3) is 11.8 Å². The number of rotatable bonds is 2. The van der Waals surface area contributed by atoms with E-state index in [2.05, 4.69) is 10.4 Å². The first-order chi connectivity index (χ1) is 7.15. The molecule has 0 aromatic heterocycles. The zero-order chi connectivity index (χ0) is 11.0. The Hall–Kier alpha value is -1.72. The SMILES string of the molecule is CONN1C(=O)c2ccc(C)cc2C1=O. The summed E-state index contributed by atoms with van der Waals surface area (Å²) in [6.45, 7) is 1.87. The van der Waals surface area contributed by atoms with Gasteiger partial charge in [-0.05, 0) is 19.1 Å². The summed E-state index contributed by atoms with van der Waals surface area (Å²) in [6.07, 6.45) is 0. The summed E-state index contributed by atoms with van der Waals surface area (Å²) < 4.78 is 0. The lowest BCUT2D eigenvalue weighted by Gasteiger charge is -2.11. The molecule has 5 nitrogen and oxygen atoms in total. The topological polar surface area (TPSA) is 58.6 Å². The second-order valence-electron chi connectivity index (χ2n) is 3.29. The summed E-state index contributed by atoms with van der Waals surface area (Å²) in [5.74, 6) is -0.780. The predicted molar refractivity (Wildman–Crippen MR) is 51.8 cm³/mol. The highest BCUT2D eigenvalue weighted by atomic mass is 16.7. The maximum atomic E-state index is 11.7. The number of carbonyl (C=O) groups is 2. The summed E-state index contributed by atoms with van der Waals surface area (Å²) in [7, 11) is 1.34. The zero-order valence-corrected chi connectivity index (χ0v) is 8.40. The van der Waals surface area contributed by atoms with Crippen LogP contribution >= 0.6 is 0 Å². The molecular weight excluding hydrogens is 196 g/mol. The third-order valence-electron chi connectivity index (χ3n) is 2.22. The highest BCUT2D eigenvalue weighted by molar-refractivity contribution is 6.20. The van der Waals surface area contributed by atoms with Gasteiger partial charge in [-0.25, -0.2) is 0 Å². The molecule has 2 amide bonds. The molecule has 1 N–H and O–H groups in total. The highest BCUT2D eigenvalue weighted by Crippen LogP contribution is 2.22. The smallest absolute Gasteiger partial charge is 0.278 e. The molecule has 0 radical (unpaired) electrons. The van der Waals surface area contributed by atoms with Crippen LogP contribution in [0.2, 0.25) is 0 Å². The fourth-order valence-corrected chi connectivity index (χ4v) is 1.53. The van der Waals surface area contributed by atoms with E-state index in [1.165, 1.54) is 7.11 Å². The molecule has 1 heterocycles. The van der Waals surface area contributed by atoms with Gasteiger partial charge in [0, 0.05) is 0 Å². The van der Waals surface area contributed by atoms with Crippen molar-refractivity contribution in [1.82, 2.24) is 10.6 Å². The van der Waals surface area contributed by atoms with Crippen LogP contribution in [0.15, 0.2) is 18.2 Å². The van der Waals surface area contributed by atoms with Crippen molar-refractivity contribution in [1.29, 1.82) is 0 Å². The van der Waals surface area contributed by atoms with Gasteiger partial charge in [0.2, 0.25) is 0 Å². The van der Waals surface area contributed by atoms with Crippen molar-refractivity contribution in [2.45, 2.75) is 6.92 Å². The van der Waals surface area contributed by atoms with Crippen LogP contribution in [0.5, 0.6) is 0 Å². The molecule has 0 unspecified atom stereocenters. The lowest BCUT2D eigenvalue weighted by atomic mass is 10.1. The fourth-order valence-electron chi connectivity index (χ4n) is 1.53. The Morgan fingerprint density at radius 3 is 2.53 bits per heavy atom. The monoisotopic (exact) mass is 206 g/mol. The van der Waals surface area contributed by atoms with Crippen molar-refractivity contribution < 1.29 is 14.4 Å². The van der Waals surface area contributed by atoms with Crippen molar-refractivity contribution >= 4 is 11.8 Å². The predicted octanol–water partition coefficient (Wildman–Crippen LogP) is 0.657. The molecule has 78 valence electrons. The molecule has 0 atom stereocenters. The van der Waals surface area contributed by atoms with Gasteiger partial charge in [-0.3, -0.25) is 14.4 Å². The summed E-state index contributed by atoms with van der Waals surface area (Å²) in [6, 6.07) is 5.12. The highest BCUT2D eigenvalue weighted by Gasteiger charge is 2.35. The van der Waals surface area contributed by atoms with Gasteiger partial charge in [-0.1, -0.05) is 11.6 Å². The summed E-state index contributed by atoms with van der Waals surface area (Å²) >= 11 is 0. The lowest BCUT2D eigenvalue weighted by Crippen LogP contribution is -2.41. The number of nitrogens with one attached hydrogen (secondary N) is 1. The van der Waals surface area contributed by atoms with Crippen LogP contribution < -0.4 is 5.59 Å². The summed E-state index contributed by atoms with van der Waals surface area (Å²) in [5, 5.41) is 0.851. The number of carbonyl (C=O) groups excluding carboxylic acids is 2. The van der Waals surface area contributed by atoms with Gasteiger partial charge in [-0.2, -0.15) is 5.01 Å². The molecule has 0 bridgehead atoms. The van der Waals surface area contributed by atoms with Crippen LogP contribution in [-0.2, 0) is 4.84 Å². The van der Waals surface area contributed by atoms with Gasteiger partial charge >= 0.3 is 0 Å². The van der Waals surface area contributed by atoms with E-state index in [9.17, 15) is 9.59 Å². The van der Waals surface area contributed by atoms with Crippen LogP contribution in [0.1, 0.15) is 26.3 Å². The number of hydrazine groups is 1. The average molecular weight is 206 g/mol.